The Hall–Kier alpha value is -1.22. The minimum atomic E-state index is 0.143. The molecule has 0 saturated carbocycles. The van der Waals surface area contributed by atoms with Gasteiger partial charge in [-0.05, 0) is 37.1 Å². The standard InChI is InChI=1S/C11H17NO2/c1-8-6-10(12-4-5-13)7-9(2)11(8)14-3/h6-7,12-13H,4-5H2,1-3H3. The van der Waals surface area contributed by atoms with Gasteiger partial charge in [-0.2, -0.15) is 0 Å². The number of nitrogens with one attached hydrogen (secondary N) is 1. The van der Waals surface area contributed by atoms with E-state index in [1.165, 1.54) is 0 Å². The third-order valence-electron chi connectivity index (χ3n) is 2.11. The number of anilines is 1. The molecule has 0 heterocycles. The predicted octanol–water partition coefficient (Wildman–Crippen LogP) is 1.72. The van der Waals surface area contributed by atoms with Crippen molar-refractivity contribution in [2.24, 2.45) is 0 Å². The molecule has 0 atom stereocenters. The van der Waals surface area contributed by atoms with Gasteiger partial charge in [0.05, 0.1) is 13.7 Å². The number of aliphatic hydroxyl groups excluding tert-OH is 1. The summed E-state index contributed by atoms with van der Waals surface area (Å²) in [5.74, 6) is 0.930. The second kappa shape index (κ2) is 4.86. The van der Waals surface area contributed by atoms with Crippen molar-refractivity contribution < 1.29 is 9.84 Å². The Morgan fingerprint density at radius 2 is 1.86 bits per heavy atom. The van der Waals surface area contributed by atoms with E-state index >= 15 is 0 Å². The average Bonchev–Trinajstić information content (AvgIpc) is 2.14. The highest BCUT2D eigenvalue weighted by molar-refractivity contribution is 5.55. The molecule has 14 heavy (non-hydrogen) atoms. The number of ether oxygens (including phenoxy) is 1. The van der Waals surface area contributed by atoms with Crippen LogP contribution >= 0.6 is 0 Å². The number of hydrogen-bond acceptors (Lipinski definition) is 3. The molecule has 78 valence electrons. The summed E-state index contributed by atoms with van der Waals surface area (Å²) in [6, 6.07) is 4.03. The van der Waals surface area contributed by atoms with Gasteiger partial charge < -0.3 is 15.2 Å². The molecule has 1 rings (SSSR count). The van der Waals surface area contributed by atoms with E-state index in [-0.39, 0.29) is 6.61 Å². The highest BCUT2D eigenvalue weighted by atomic mass is 16.5. The number of methoxy groups -OCH3 is 1. The number of hydrogen-bond donors (Lipinski definition) is 2. The Morgan fingerprint density at radius 1 is 1.29 bits per heavy atom. The van der Waals surface area contributed by atoms with Gasteiger partial charge in [-0.15, -0.1) is 0 Å². The molecule has 0 aliphatic rings. The first-order valence-electron chi connectivity index (χ1n) is 4.69. The summed E-state index contributed by atoms with van der Waals surface area (Å²) >= 11 is 0. The Morgan fingerprint density at radius 3 is 2.29 bits per heavy atom. The maximum atomic E-state index is 8.68. The normalized spacial score (nSPS) is 10.0. The number of aliphatic hydroxyl groups is 1. The molecule has 0 aliphatic carbocycles. The van der Waals surface area contributed by atoms with Gasteiger partial charge in [-0.3, -0.25) is 0 Å². The molecule has 3 heteroatoms. The molecule has 0 unspecified atom stereocenters. The lowest BCUT2D eigenvalue weighted by Crippen LogP contribution is -2.06. The lowest BCUT2D eigenvalue weighted by Gasteiger charge is -2.12. The van der Waals surface area contributed by atoms with E-state index in [9.17, 15) is 0 Å². The molecule has 0 bridgehead atoms. The minimum absolute atomic E-state index is 0.143. The Bertz CT molecular complexity index is 287. The van der Waals surface area contributed by atoms with Crippen LogP contribution in [-0.4, -0.2) is 25.4 Å². The van der Waals surface area contributed by atoms with Crippen molar-refractivity contribution in [2.75, 3.05) is 25.6 Å². The van der Waals surface area contributed by atoms with E-state index in [1.54, 1.807) is 7.11 Å². The first kappa shape index (κ1) is 10.9. The second-order valence-corrected chi connectivity index (χ2v) is 3.29. The van der Waals surface area contributed by atoms with Crippen LogP contribution in [0.15, 0.2) is 12.1 Å². The van der Waals surface area contributed by atoms with Gasteiger partial charge in [-0.25, -0.2) is 0 Å². The number of aryl methyl sites for hydroxylation is 2. The first-order valence-corrected chi connectivity index (χ1v) is 4.69. The van der Waals surface area contributed by atoms with E-state index in [1.807, 2.05) is 26.0 Å². The van der Waals surface area contributed by atoms with Crippen molar-refractivity contribution in [1.29, 1.82) is 0 Å². The van der Waals surface area contributed by atoms with Gasteiger partial charge >= 0.3 is 0 Å². The quantitative estimate of drug-likeness (QED) is 0.768. The van der Waals surface area contributed by atoms with Crippen LogP contribution in [-0.2, 0) is 0 Å². The summed E-state index contributed by atoms with van der Waals surface area (Å²) in [5, 5.41) is 11.8. The molecule has 0 aliphatic heterocycles. The third-order valence-corrected chi connectivity index (χ3v) is 2.11. The van der Waals surface area contributed by atoms with Crippen molar-refractivity contribution in [2.45, 2.75) is 13.8 Å². The van der Waals surface area contributed by atoms with Crippen LogP contribution in [0.1, 0.15) is 11.1 Å². The van der Waals surface area contributed by atoms with Crippen molar-refractivity contribution in [3.63, 3.8) is 0 Å². The monoisotopic (exact) mass is 195 g/mol. The lowest BCUT2D eigenvalue weighted by molar-refractivity contribution is 0.311. The van der Waals surface area contributed by atoms with Gasteiger partial charge in [0.25, 0.3) is 0 Å². The molecule has 0 aromatic heterocycles. The SMILES string of the molecule is COc1c(C)cc(NCCO)cc1C. The fraction of sp³-hybridized carbons (Fsp3) is 0.455. The van der Waals surface area contributed by atoms with Gasteiger partial charge in [0, 0.05) is 12.2 Å². The zero-order chi connectivity index (χ0) is 10.6. The summed E-state index contributed by atoms with van der Waals surface area (Å²) in [7, 11) is 1.68. The summed E-state index contributed by atoms with van der Waals surface area (Å²) in [5.41, 5.74) is 3.23. The average molecular weight is 195 g/mol. The molecule has 2 N–H and O–H groups in total. The van der Waals surface area contributed by atoms with E-state index in [0.717, 1.165) is 22.6 Å². The summed E-state index contributed by atoms with van der Waals surface area (Å²) in [4.78, 5) is 0. The van der Waals surface area contributed by atoms with E-state index < -0.39 is 0 Å². The zero-order valence-electron chi connectivity index (χ0n) is 8.92. The van der Waals surface area contributed by atoms with Crippen LogP contribution in [0.3, 0.4) is 0 Å². The Labute approximate surface area is 84.7 Å². The Kier molecular flexibility index (Phi) is 3.77. The molecule has 0 radical (unpaired) electrons. The molecular formula is C11H17NO2. The Balaban J connectivity index is 2.90. The second-order valence-electron chi connectivity index (χ2n) is 3.29. The topological polar surface area (TPSA) is 41.5 Å². The minimum Gasteiger partial charge on any atom is -0.496 e. The smallest absolute Gasteiger partial charge is 0.124 e. The van der Waals surface area contributed by atoms with E-state index in [4.69, 9.17) is 9.84 Å². The van der Waals surface area contributed by atoms with E-state index in [2.05, 4.69) is 5.32 Å². The van der Waals surface area contributed by atoms with Crippen LogP contribution < -0.4 is 10.1 Å². The van der Waals surface area contributed by atoms with Gasteiger partial charge in [-0.1, -0.05) is 0 Å². The third kappa shape index (κ3) is 2.39. The fourth-order valence-corrected chi connectivity index (χ4v) is 1.57. The molecule has 0 saturated heterocycles. The van der Waals surface area contributed by atoms with Gasteiger partial charge in [0.1, 0.15) is 5.75 Å². The van der Waals surface area contributed by atoms with Crippen LogP contribution in [0.5, 0.6) is 5.75 Å². The maximum absolute atomic E-state index is 8.68. The largest absolute Gasteiger partial charge is 0.496 e. The van der Waals surface area contributed by atoms with Crippen LogP contribution in [0.2, 0.25) is 0 Å². The van der Waals surface area contributed by atoms with Crippen LogP contribution in [0.25, 0.3) is 0 Å². The van der Waals surface area contributed by atoms with E-state index in [0.29, 0.717) is 6.54 Å². The highest BCUT2D eigenvalue weighted by Gasteiger charge is 2.04. The molecule has 0 amide bonds. The summed E-state index contributed by atoms with van der Waals surface area (Å²) in [6.45, 7) is 4.74. The fourth-order valence-electron chi connectivity index (χ4n) is 1.57. The van der Waals surface area contributed by atoms with Crippen molar-refractivity contribution in [1.82, 2.24) is 0 Å². The predicted molar refractivity (Wildman–Crippen MR) is 58.0 cm³/mol. The van der Waals surface area contributed by atoms with Gasteiger partial charge in [0.2, 0.25) is 0 Å². The molecule has 3 nitrogen and oxygen atoms in total. The number of benzene rings is 1. The van der Waals surface area contributed by atoms with Crippen molar-refractivity contribution >= 4 is 5.69 Å². The summed E-state index contributed by atoms with van der Waals surface area (Å²) < 4.78 is 5.26. The lowest BCUT2D eigenvalue weighted by atomic mass is 10.1. The maximum Gasteiger partial charge on any atom is 0.124 e. The van der Waals surface area contributed by atoms with Gasteiger partial charge in [0.15, 0.2) is 0 Å². The molecule has 1 aromatic carbocycles. The zero-order valence-corrected chi connectivity index (χ0v) is 8.92. The molecule has 0 fully saturated rings. The van der Waals surface area contributed by atoms with Crippen LogP contribution in [0, 0.1) is 13.8 Å². The molecule has 0 spiro atoms. The van der Waals surface area contributed by atoms with Crippen LogP contribution in [0.4, 0.5) is 5.69 Å². The molecular weight excluding hydrogens is 178 g/mol. The highest BCUT2D eigenvalue weighted by Crippen LogP contribution is 2.26. The summed E-state index contributed by atoms with van der Waals surface area (Å²) in [6.07, 6.45) is 0. The number of rotatable bonds is 4. The first-order chi connectivity index (χ1) is 6.69. The van der Waals surface area contributed by atoms with Crippen molar-refractivity contribution in [3.8, 4) is 5.75 Å². The molecule has 1 aromatic rings. The van der Waals surface area contributed by atoms with Crippen molar-refractivity contribution in [3.05, 3.63) is 23.3 Å².